The normalized spacial score (nSPS) is 12.5. The van der Waals surface area contributed by atoms with Gasteiger partial charge in [0.2, 0.25) is 23.6 Å². The number of hydrogen-bond donors (Lipinski definition) is 11. The number of carboxylic acid groups (broad SMARTS) is 4. The van der Waals surface area contributed by atoms with E-state index in [4.69, 9.17) is 63.3 Å². The zero-order valence-corrected chi connectivity index (χ0v) is 81.5. The van der Waals surface area contributed by atoms with Gasteiger partial charge in [0.25, 0.3) is 0 Å². The molecular weight excluding hydrogens is 1790 g/mol. The highest BCUT2D eigenvalue weighted by atomic mass is 16.5. The molecule has 0 fully saturated rings. The summed E-state index contributed by atoms with van der Waals surface area (Å²) in [6, 6.07) is 10.9. The number of aromatic nitrogens is 2. The van der Waals surface area contributed by atoms with Crippen molar-refractivity contribution in [3.8, 4) is 11.5 Å². The summed E-state index contributed by atoms with van der Waals surface area (Å²) in [4.78, 5) is 207. The second kappa shape index (κ2) is 77.8. The molecule has 5 atom stereocenters. The van der Waals surface area contributed by atoms with Gasteiger partial charge in [-0.1, -0.05) is 97.3 Å². The lowest BCUT2D eigenvalue weighted by molar-refractivity contribution is -0.144. The number of imidazole rings is 1. The third-order valence-electron chi connectivity index (χ3n) is 22.9. The van der Waals surface area contributed by atoms with Gasteiger partial charge in [-0.05, 0) is 139 Å². The largest absolute Gasteiger partial charge is 0.494 e. The van der Waals surface area contributed by atoms with Gasteiger partial charge < -0.3 is 105 Å². The molecule has 1 aromatic heterocycles. The van der Waals surface area contributed by atoms with Gasteiger partial charge in [-0.3, -0.25) is 67.1 Å². The molecule has 0 aliphatic heterocycles. The number of nitrogens with one attached hydrogen (secondary N) is 6. The average molecular weight is 1950 g/mol. The van der Waals surface area contributed by atoms with Crippen LogP contribution < -0.4 is 41.8 Å². The first-order valence-corrected chi connectivity index (χ1v) is 49.1. The monoisotopic (exact) mass is 1950 g/mol. The highest BCUT2D eigenvalue weighted by molar-refractivity contribution is 5.95. The quantitative estimate of drug-likeness (QED) is 0.0234. The zero-order valence-electron chi connectivity index (χ0n) is 81.5. The fourth-order valence-corrected chi connectivity index (χ4v) is 14.5. The Kier molecular flexibility index (Phi) is 68.8. The Hall–Kier alpha value is -10.0. The number of rotatable bonds is 95. The fraction of sp³-hybridized carbons (Fsp3) is 0.690. The lowest BCUT2D eigenvalue weighted by atomic mass is 9.81. The number of hydrogen-bond acceptors (Lipinski definition) is 29. The van der Waals surface area contributed by atoms with Crippen LogP contribution in [-0.2, 0) is 111 Å². The van der Waals surface area contributed by atoms with Gasteiger partial charge >= 0.3 is 23.9 Å². The van der Waals surface area contributed by atoms with Crippen molar-refractivity contribution >= 4 is 93.8 Å². The smallest absolute Gasteiger partial charge is 0.335 e. The molecule has 0 radical (unpaired) electrons. The number of unbranched alkanes of at least 4 members (excludes halogenated alkanes) is 16. The van der Waals surface area contributed by atoms with Crippen LogP contribution in [0.25, 0.3) is 0 Å². The van der Waals surface area contributed by atoms with Gasteiger partial charge in [-0.15, -0.1) is 0 Å². The first-order chi connectivity index (χ1) is 66.4. The summed E-state index contributed by atoms with van der Waals surface area (Å²) in [5.74, 6) is -8.50. The van der Waals surface area contributed by atoms with Crippen molar-refractivity contribution in [1.82, 2.24) is 36.6 Å². The number of nitrogens with two attached hydrogens (primary N) is 1. The van der Waals surface area contributed by atoms with Crippen LogP contribution >= 0.6 is 0 Å². The van der Waals surface area contributed by atoms with Crippen LogP contribution in [0.2, 0.25) is 0 Å². The molecule has 12 N–H and O–H groups in total. The van der Waals surface area contributed by atoms with Crippen LogP contribution in [0.4, 0.5) is 0 Å². The van der Waals surface area contributed by atoms with Crippen molar-refractivity contribution in [2.24, 2.45) is 28.9 Å². The van der Waals surface area contributed by atoms with Crippen molar-refractivity contribution in [1.29, 1.82) is 0 Å². The lowest BCUT2D eigenvalue weighted by Crippen LogP contribution is -2.45. The van der Waals surface area contributed by atoms with E-state index in [1.807, 2.05) is 0 Å². The van der Waals surface area contributed by atoms with Crippen LogP contribution in [0.5, 0.6) is 11.5 Å². The highest BCUT2D eigenvalue weighted by Gasteiger charge is 2.34. The fourth-order valence-electron chi connectivity index (χ4n) is 14.5. The first-order valence-electron chi connectivity index (χ1n) is 49.1. The number of carboxylic acids is 4. The minimum Gasteiger partial charge on any atom is -0.494 e. The summed E-state index contributed by atoms with van der Waals surface area (Å²) < 4.78 is 55.1. The molecule has 2 aromatic carbocycles. The number of ketones is 8. The second-order valence-electron chi connectivity index (χ2n) is 35.2. The molecule has 0 spiro atoms. The van der Waals surface area contributed by atoms with Gasteiger partial charge in [0.15, 0.2) is 17.3 Å². The number of H-pyrrole nitrogens is 1. The van der Waals surface area contributed by atoms with Gasteiger partial charge in [0, 0.05) is 133 Å². The van der Waals surface area contributed by atoms with E-state index in [0.717, 1.165) is 89.9 Å². The van der Waals surface area contributed by atoms with E-state index in [2.05, 4.69) is 36.6 Å². The molecule has 138 heavy (non-hydrogen) atoms. The van der Waals surface area contributed by atoms with E-state index in [1.165, 1.54) is 37.5 Å². The molecule has 0 saturated carbocycles. The van der Waals surface area contributed by atoms with E-state index in [9.17, 15) is 86.9 Å². The zero-order chi connectivity index (χ0) is 101. The van der Waals surface area contributed by atoms with Gasteiger partial charge in [-0.25, -0.2) is 14.6 Å². The maximum atomic E-state index is 14.1. The molecule has 3 rings (SSSR count). The number of amides is 4. The minimum absolute atomic E-state index is 0.0306. The topological polar surface area (TPSA) is 561 Å². The summed E-state index contributed by atoms with van der Waals surface area (Å²) in [6.45, 7) is 7.71. The molecule has 38 nitrogen and oxygen atoms in total. The third kappa shape index (κ3) is 64.3. The number of aromatic carboxylic acids is 2. The minimum atomic E-state index is -1.14. The number of benzene rings is 2. The standard InChI is InChI=1S/C100H156N8O30/c1-74(109)77(26-18-20-44-103-93(118)71-136-61-57-132-53-47-106-95(120)72-135-60-54-129-48-24-29-81(110)38-32-78(98(125)126)62-82(111)27-16-12-8-4-6-10-14-22-50-137-85-39-33-75(34-40-85)96(121)122)64-89(114)88(107-68-91(116)100(2,3)66-90(115)87(101)65-80-67-102-73-108-80)31-19-21-45-104-94(119)70-134-59-55-130-49-25-30-84(113)69-133-58-56-131-52-46-105-92(117)43-37-79(99(127)128)63-83(112)28-17-13-9-5-7-11-15-23-51-138-86-41-35-76(36-42-86)97(123)124/h33-36,39-42,67,73,77-79,87-88,107H,4-32,37-38,43-66,68-72,101H2,1-3H3,(H,102,108)(H,103,118)(H,104,119)(H,105,117)(H,106,120)(H,121,122)(H,123,124)(H,125,126)(H,127,128)/t77-,78-,79-,87+,88+/m1/s1. The molecule has 0 saturated heterocycles. The number of carbonyl (C=O) groups is 16. The molecule has 776 valence electrons. The summed E-state index contributed by atoms with van der Waals surface area (Å²) in [5, 5.41) is 51.5. The molecule has 0 bridgehead atoms. The molecule has 0 aliphatic carbocycles. The van der Waals surface area contributed by atoms with Gasteiger partial charge in [-0.2, -0.15) is 0 Å². The number of aromatic amines is 1. The summed E-state index contributed by atoms with van der Waals surface area (Å²) in [5.41, 5.74) is 6.16. The summed E-state index contributed by atoms with van der Waals surface area (Å²) in [6.07, 6.45) is 22.5. The Morgan fingerprint density at radius 1 is 0.377 bits per heavy atom. The Labute approximate surface area is 811 Å². The van der Waals surface area contributed by atoms with E-state index in [1.54, 1.807) is 44.3 Å². The molecule has 4 amide bonds. The first kappa shape index (κ1) is 122. The van der Waals surface area contributed by atoms with Crippen LogP contribution in [0.15, 0.2) is 61.1 Å². The van der Waals surface area contributed by atoms with E-state index in [0.29, 0.717) is 101 Å². The molecule has 0 aliphatic rings. The van der Waals surface area contributed by atoms with Crippen molar-refractivity contribution in [3.05, 3.63) is 77.9 Å². The van der Waals surface area contributed by atoms with Crippen LogP contribution in [0.1, 0.15) is 278 Å². The van der Waals surface area contributed by atoms with Gasteiger partial charge in [0.05, 0.1) is 127 Å². The van der Waals surface area contributed by atoms with Crippen LogP contribution in [0, 0.1) is 23.2 Å². The van der Waals surface area contributed by atoms with Crippen molar-refractivity contribution in [3.63, 3.8) is 0 Å². The SMILES string of the molecule is CC(=O)[C@H](CCCCNC(=O)COCCOCCNC(=O)COCCOCCCC(=O)CC[C@H](CC(=O)CCCCCCCCCCOc1ccc(C(=O)O)cc1)C(=O)O)CC(=O)[C@H](CCCCNC(=O)COCCOCCCC(=O)COCCOCCNC(=O)CC[C@H](CC(=O)CCCCCCCCCCOc1ccc(C(=O)O)cc1)C(=O)O)NCC(=O)C(C)(C)CC(=O)[C@@H](N)Cc1cnc[nH]1. The summed E-state index contributed by atoms with van der Waals surface area (Å²) >= 11 is 0. The summed E-state index contributed by atoms with van der Waals surface area (Å²) in [7, 11) is 0. The maximum absolute atomic E-state index is 14.1. The van der Waals surface area contributed by atoms with Crippen LogP contribution in [-0.4, -0.2) is 288 Å². The number of nitrogens with zero attached hydrogens (tertiary/aromatic N) is 1. The third-order valence-corrected chi connectivity index (χ3v) is 22.9. The Balaban J connectivity index is 1.19. The lowest BCUT2D eigenvalue weighted by Gasteiger charge is -2.26. The maximum Gasteiger partial charge on any atom is 0.335 e. The molecular formula is C100H156N8O30. The number of carbonyl (C=O) groups excluding carboxylic acids is 12. The Morgan fingerprint density at radius 2 is 0.775 bits per heavy atom. The van der Waals surface area contributed by atoms with E-state index < -0.39 is 59.1 Å². The van der Waals surface area contributed by atoms with E-state index in [-0.39, 0.29) is 297 Å². The van der Waals surface area contributed by atoms with E-state index >= 15 is 0 Å². The molecule has 3 aromatic rings. The Bertz CT molecular complexity index is 4000. The predicted molar refractivity (Wildman–Crippen MR) is 510 cm³/mol. The second-order valence-corrected chi connectivity index (χ2v) is 35.2. The van der Waals surface area contributed by atoms with Crippen molar-refractivity contribution in [2.75, 3.05) is 152 Å². The molecule has 38 heteroatoms. The molecule has 1 heterocycles. The molecule has 0 unspecified atom stereocenters. The predicted octanol–water partition coefficient (Wildman–Crippen LogP) is 10.0. The number of ether oxygens (including phenoxy) is 10. The average Bonchev–Trinajstić information content (AvgIpc) is 1.07. The Morgan fingerprint density at radius 3 is 1.22 bits per heavy atom. The number of Topliss-reactive ketones (excluding diaryl/α,β-unsaturated/α-hetero) is 8. The van der Waals surface area contributed by atoms with Gasteiger partial charge in [0.1, 0.15) is 66.8 Å². The highest BCUT2D eigenvalue weighted by Crippen LogP contribution is 2.26. The van der Waals surface area contributed by atoms with Crippen molar-refractivity contribution in [2.45, 2.75) is 270 Å². The van der Waals surface area contributed by atoms with Crippen molar-refractivity contribution < 1.29 is 145 Å². The number of aliphatic carboxylic acids is 2. The van der Waals surface area contributed by atoms with Crippen LogP contribution in [0.3, 0.4) is 0 Å².